The largest absolute Gasteiger partial charge is 0.396 e. The number of nitrogens with two attached hydrogens (primary N) is 2. The standard InChI is InChI=1S/C15H19BrN4O/c1-2-3-6-20(9-14(18)21)15-11-7-10(16)4-5-13(11)19-8-12(15)17/h4-5,7-8H,2-3,6,9,17H2,1H3,(H2,18,21). The first-order chi connectivity index (χ1) is 10.0. The third-order valence-electron chi connectivity index (χ3n) is 3.27. The first-order valence-corrected chi connectivity index (χ1v) is 7.69. The van der Waals surface area contributed by atoms with Gasteiger partial charge in [0, 0.05) is 16.4 Å². The highest BCUT2D eigenvalue weighted by atomic mass is 79.9. The Labute approximate surface area is 132 Å². The molecular formula is C15H19BrN4O. The van der Waals surface area contributed by atoms with Crippen molar-refractivity contribution in [3.05, 3.63) is 28.9 Å². The molecule has 0 radical (unpaired) electrons. The van der Waals surface area contributed by atoms with Gasteiger partial charge >= 0.3 is 0 Å². The molecule has 0 bridgehead atoms. The summed E-state index contributed by atoms with van der Waals surface area (Å²) in [5.41, 5.74) is 13.7. The SMILES string of the molecule is CCCCN(CC(N)=O)c1c(N)cnc2ccc(Br)cc12. The number of anilines is 2. The Morgan fingerprint density at radius 2 is 2.19 bits per heavy atom. The molecule has 4 N–H and O–H groups in total. The first kappa shape index (κ1) is 15.6. The second-order valence-electron chi connectivity index (χ2n) is 4.97. The van der Waals surface area contributed by atoms with E-state index in [1.54, 1.807) is 6.20 Å². The third kappa shape index (κ3) is 3.64. The smallest absolute Gasteiger partial charge is 0.236 e. The van der Waals surface area contributed by atoms with Crippen LogP contribution in [0.5, 0.6) is 0 Å². The molecule has 0 saturated heterocycles. The van der Waals surface area contributed by atoms with E-state index in [-0.39, 0.29) is 12.5 Å². The molecule has 0 spiro atoms. The molecule has 1 aromatic carbocycles. The molecule has 0 atom stereocenters. The fraction of sp³-hybridized carbons (Fsp3) is 0.333. The van der Waals surface area contributed by atoms with Gasteiger partial charge in [-0.25, -0.2) is 0 Å². The molecule has 21 heavy (non-hydrogen) atoms. The number of aromatic nitrogens is 1. The molecule has 0 fully saturated rings. The number of carbonyl (C=O) groups excluding carboxylic acids is 1. The van der Waals surface area contributed by atoms with E-state index in [0.29, 0.717) is 5.69 Å². The number of hydrogen-bond acceptors (Lipinski definition) is 4. The molecule has 1 aromatic heterocycles. The van der Waals surface area contributed by atoms with Crippen molar-refractivity contribution >= 4 is 44.1 Å². The van der Waals surface area contributed by atoms with Crippen molar-refractivity contribution in [3.63, 3.8) is 0 Å². The Hall–Kier alpha value is -1.82. The minimum atomic E-state index is -0.370. The van der Waals surface area contributed by atoms with Gasteiger partial charge in [-0.3, -0.25) is 9.78 Å². The molecule has 0 aliphatic rings. The fourth-order valence-electron chi connectivity index (χ4n) is 2.33. The average Bonchev–Trinajstić information content (AvgIpc) is 2.43. The van der Waals surface area contributed by atoms with Crippen LogP contribution in [0.25, 0.3) is 10.9 Å². The lowest BCUT2D eigenvalue weighted by atomic mass is 10.1. The van der Waals surface area contributed by atoms with Gasteiger partial charge in [0.25, 0.3) is 0 Å². The molecule has 0 aliphatic carbocycles. The van der Waals surface area contributed by atoms with Crippen LogP contribution >= 0.6 is 15.9 Å². The predicted octanol–water partition coefficient (Wildman–Crippen LogP) is 2.67. The topological polar surface area (TPSA) is 85.2 Å². The highest BCUT2D eigenvalue weighted by molar-refractivity contribution is 9.10. The van der Waals surface area contributed by atoms with Crippen LogP contribution in [-0.2, 0) is 4.79 Å². The average molecular weight is 351 g/mol. The quantitative estimate of drug-likeness (QED) is 0.838. The predicted molar refractivity (Wildman–Crippen MR) is 90.2 cm³/mol. The van der Waals surface area contributed by atoms with E-state index < -0.39 is 0 Å². The van der Waals surface area contributed by atoms with Crippen molar-refractivity contribution in [2.45, 2.75) is 19.8 Å². The van der Waals surface area contributed by atoms with Crippen LogP contribution in [0.2, 0.25) is 0 Å². The highest BCUT2D eigenvalue weighted by Gasteiger charge is 2.16. The van der Waals surface area contributed by atoms with Crippen molar-refractivity contribution in [2.24, 2.45) is 5.73 Å². The maximum atomic E-state index is 11.4. The summed E-state index contributed by atoms with van der Waals surface area (Å²) in [6.45, 7) is 2.98. The van der Waals surface area contributed by atoms with Crippen LogP contribution in [0.1, 0.15) is 19.8 Å². The monoisotopic (exact) mass is 350 g/mol. The lowest BCUT2D eigenvalue weighted by Gasteiger charge is -2.26. The van der Waals surface area contributed by atoms with Crippen LogP contribution < -0.4 is 16.4 Å². The Kier molecular flexibility index (Phi) is 5.01. The van der Waals surface area contributed by atoms with Crippen LogP contribution in [0, 0.1) is 0 Å². The summed E-state index contributed by atoms with van der Waals surface area (Å²) in [6, 6.07) is 5.82. The molecule has 0 aliphatic heterocycles. The van der Waals surface area contributed by atoms with Gasteiger partial charge in [-0.05, 0) is 24.6 Å². The number of halogens is 1. The summed E-state index contributed by atoms with van der Waals surface area (Å²) in [5.74, 6) is -0.370. The second kappa shape index (κ2) is 6.76. The summed E-state index contributed by atoms with van der Waals surface area (Å²) in [7, 11) is 0. The fourth-order valence-corrected chi connectivity index (χ4v) is 2.69. The van der Waals surface area contributed by atoms with Crippen molar-refractivity contribution in [2.75, 3.05) is 23.7 Å². The van der Waals surface area contributed by atoms with Gasteiger partial charge in [0.15, 0.2) is 0 Å². The summed E-state index contributed by atoms with van der Waals surface area (Å²) < 4.78 is 0.943. The summed E-state index contributed by atoms with van der Waals surface area (Å²) in [5, 5.41) is 0.918. The molecule has 1 amide bonds. The molecule has 0 saturated carbocycles. The van der Waals surface area contributed by atoms with Crippen LogP contribution in [0.3, 0.4) is 0 Å². The number of primary amides is 1. The van der Waals surface area contributed by atoms with Crippen molar-refractivity contribution < 1.29 is 4.79 Å². The van der Waals surface area contributed by atoms with Crippen LogP contribution in [0.15, 0.2) is 28.9 Å². The lowest BCUT2D eigenvalue weighted by Crippen LogP contribution is -2.35. The Morgan fingerprint density at radius 1 is 1.43 bits per heavy atom. The minimum Gasteiger partial charge on any atom is -0.396 e. The van der Waals surface area contributed by atoms with E-state index in [4.69, 9.17) is 11.5 Å². The van der Waals surface area contributed by atoms with Gasteiger partial charge < -0.3 is 16.4 Å². The van der Waals surface area contributed by atoms with E-state index >= 15 is 0 Å². The number of nitrogens with zero attached hydrogens (tertiary/aromatic N) is 2. The Balaban J connectivity index is 2.56. The van der Waals surface area contributed by atoms with Gasteiger partial charge in [0.05, 0.1) is 29.6 Å². The first-order valence-electron chi connectivity index (χ1n) is 6.90. The zero-order valence-electron chi connectivity index (χ0n) is 12.0. The van der Waals surface area contributed by atoms with Crippen molar-refractivity contribution in [1.82, 2.24) is 4.98 Å². The van der Waals surface area contributed by atoms with E-state index in [0.717, 1.165) is 40.4 Å². The molecule has 1 heterocycles. The van der Waals surface area contributed by atoms with E-state index in [9.17, 15) is 4.79 Å². The molecule has 6 heteroatoms. The number of carbonyl (C=O) groups is 1. The number of fused-ring (bicyclic) bond motifs is 1. The second-order valence-corrected chi connectivity index (χ2v) is 5.88. The normalized spacial score (nSPS) is 10.8. The number of unbranched alkanes of at least 4 members (excludes halogenated alkanes) is 1. The zero-order valence-corrected chi connectivity index (χ0v) is 13.6. The number of nitrogen functional groups attached to an aromatic ring is 1. The number of hydrogen-bond donors (Lipinski definition) is 2. The van der Waals surface area contributed by atoms with Gasteiger partial charge in [0.2, 0.25) is 5.91 Å². The molecule has 5 nitrogen and oxygen atoms in total. The lowest BCUT2D eigenvalue weighted by molar-refractivity contribution is -0.116. The van der Waals surface area contributed by atoms with Crippen molar-refractivity contribution in [3.8, 4) is 0 Å². The summed E-state index contributed by atoms with van der Waals surface area (Å²) in [4.78, 5) is 17.7. The Morgan fingerprint density at radius 3 is 2.86 bits per heavy atom. The van der Waals surface area contributed by atoms with Crippen LogP contribution in [0.4, 0.5) is 11.4 Å². The van der Waals surface area contributed by atoms with Gasteiger partial charge in [-0.15, -0.1) is 0 Å². The minimum absolute atomic E-state index is 0.149. The maximum Gasteiger partial charge on any atom is 0.236 e. The summed E-state index contributed by atoms with van der Waals surface area (Å²) >= 11 is 3.47. The molecule has 2 aromatic rings. The van der Waals surface area contributed by atoms with E-state index in [1.165, 1.54) is 0 Å². The summed E-state index contributed by atoms with van der Waals surface area (Å²) in [6.07, 6.45) is 3.62. The molecule has 2 rings (SSSR count). The number of rotatable bonds is 6. The maximum absolute atomic E-state index is 11.4. The van der Waals surface area contributed by atoms with E-state index in [1.807, 2.05) is 23.1 Å². The number of pyridine rings is 1. The zero-order chi connectivity index (χ0) is 15.4. The highest BCUT2D eigenvalue weighted by Crippen LogP contribution is 2.33. The third-order valence-corrected chi connectivity index (χ3v) is 3.77. The van der Waals surface area contributed by atoms with Gasteiger partial charge in [-0.2, -0.15) is 0 Å². The Bertz CT molecular complexity index is 654. The molecule has 112 valence electrons. The number of benzene rings is 1. The molecular weight excluding hydrogens is 332 g/mol. The van der Waals surface area contributed by atoms with Gasteiger partial charge in [-0.1, -0.05) is 29.3 Å². The van der Waals surface area contributed by atoms with Gasteiger partial charge in [0.1, 0.15) is 0 Å². The molecule has 0 unspecified atom stereocenters. The van der Waals surface area contributed by atoms with Crippen LogP contribution in [-0.4, -0.2) is 24.0 Å². The van der Waals surface area contributed by atoms with Crippen molar-refractivity contribution in [1.29, 1.82) is 0 Å². The number of amides is 1. The van der Waals surface area contributed by atoms with E-state index in [2.05, 4.69) is 27.8 Å².